The number of nitrogens with zero attached hydrogens (tertiary/aromatic N) is 2. The average Bonchev–Trinajstić information content (AvgIpc) is 2.62. The zero-order valence-corrected chi connectivity index (χ0v) is 15.5. The summed E-state index contributed by atoms with van der Waals surface area (Å²) in [6, 6.07) is 11.0. The van der Waals surface area contributed by atoms with E-state index in [1.54, 1.807) is 0 Å². The largest absolute Gasteiger partial charge is 0.355 e. The lowest BCUT2D eigenvalue weighted by Crippen LogP contribution is -2.71. The van der Waals surface area contributed by atoms with Crippen LogP contribution in [0.15, 0.2) is 30.3 Å². The Kier molecular flexibility index (Phi) is 4.59. The number of amides is 1. The summed E-state index contributed by atoms with van der Waals surface area (Å²) in [6.45, 7) is 8.30. The van der Waals surface area contributed by atoms with Gasteiger partial charge in [-0.15, -0.1) is 0 Å². The molecule has 0 radical (unpaired) electrons. The number of likely N-dealkylation sites (tertiary alicyclic amines) is 1. The highest BCUT2D eigenvalue weighted by Gasteiger charge is 2.56. The van der Waals surface area contributed by atoms with Crippen LogP contribution in [0, 0.1) is 11.8 Å². The fraction of sp³-hybridized carbons (Fsp3) is 0.667. The Balaban J connectivity index is 1.54. The smallest absolute Gasteiger partial charge is 0.225 e. The van der Waals surface area contributed by atoms with Gasteiger partial charge in [-0.1, -0.05) is 44.2 Å². The number of carbonyl (C=O) groups is 1. The highest BCUT2D eigenvalue weighted by Crippen LogP contribution is 2.46. The highest BCUT2D eigenvalue weighted by atomic mass is 16.5. The Labute approximate surface area is 151 Å². The van der Waals surface area contributed by atoms with Gasteiger partial charge in [0, 0.05) is 44.4 Å². The van der Waals surface area contributed by atoms with Gasteiger partial charge in [0.1, 0.15) is 5.72 Å². The van der Waals surface area contributed by atoms with Crippen LogP contribution in [-0.4, -0.2) is 47.2 Å². The summed E-state index contributed by atoms with van der Waals surface area (Å²) in [6.07, 6.45) is 3.56. The molecule has 0 saturated carbocycles. The van der Waals surface area contributed by atoms with Crippen LogP contribution in [0.1, 0.15) is 45.1 Å². The van der Waals surface area contributed by atoms with Gasteiger partial charge in [0.15, 0.2) is 0 Å². The van der Waals surface area contributed by atoms with Gasteiger partial charge in [0.2, 0.25) is 5.91 Å². The number of hydrogen-bond acceptors (Lipinski definition) is 3. The van der Waals surface area contributed by atoms with E-state index >= 15 is 0 Å². The van der Waals surface area contributed by atoms with E-state index < -0.39 is 0 Å². The molecule has 0 aromatic heterocycles. The predicted molar refractivity (Wildman–Crippen MR) is 97.8 cm³/mol. The quantitative estimate of drug-likeness (QED) is 0.845. The molecule has 1 aromatic rings. The number of piperidine rings is 2. The van der Waals surface area contributed by atoms with Crippen molar-refractivity contribution in [2.45, 2.75) is 57.8 Å². The summed E-state index contributed by atoms with van der Waals surface area (Å²) in [5.41, 5.74) is 1.03. The third-order valence-corrected chi connectivity index (χ3v) is 6.40. The van der Waals surface area contributed by atoms with E-state index in [1.165, 1.54) is 5.56 Å². The Morgan fingerprint density at radius 3 is 2.80 bits per heavy atom. The maximum Gasteiger partial charge on any atom is 0.225 e. The standard InChI is InChI=1S/C21H30N2O2/c1-16(2)19-10-13-25-21-11-12-22(14-17-6-4-3-5-7-17)15-18(21)8-9-20(24)23(19)21/h3-7,16,18-19H,8-15H2,1-2H3/t18-,19-,21-/m1/s1. The van der Waals surface area contributed by atoms with E-state index in [2.05, 4.69) is 54.0 Å². The maximum atomic E-state index is 12.8. The first-order valence-corrected chi connectivity index (χ1v) is 9.82. The molecule has 4 rings (SSSR count). The molecular formula is C21H30N2O2. The summed E-state index contributed by atoms with van der Waals surface area (Å²) in [4.78, 5) is 17.5. The average molecular weight is 342 g/mol. The van der Waals surface area contributed by atoms with E-state index in [4.69, 9.17) is 4.74 Å². The van der Waals surface area contributed by atoms with Crippen molar-refractivity contribution >= 4 is 5.91 Å². The van der Waals surface area contributed by atoms with Gasteiger partial charge in [0.05, 0.1) is 6.61 Å². The summed E-state index contributed by atoms with van der Waals surface area (Å²) < 4.78 is 6.40. The Bertz CT molecular complexity index is 618. The fourth-order valence-corrected chi connectivity index (χ4v) is 5.16. The molecule has 3 aliphatic rings. The Hall–Kier alpha value is -1.39. The van der Waals surface area contributed by atoms with Crippen molar-refractivity contribution in [3.8, 4) is 0 Å². The van der Waals surface area contributed by atoms with Crippen molar-refractivity contribution < 1.29 is 9.53 Å². The minimum Gasteiger partial charge on any atom is -0.355 e. The minimum absolute atomic E-state index is 0.311. The molecule has 0 bridgehead atoms. The van der Waals surface area contributed by atoms with E-state index in [0.717, 1.165) is 45.5 Å². The SMILES string of the molecule is CC(C)[C@H]1CCO[C@]23CCN(Cc4ccccc4)C[C@H]2CCC(=O)N13. The first kappa shape index (κ1) is 17.0. The molecule has 0 aliphatic carbocycles. The second-order valence-corrected chi connectivity index (χ2v) is 8.26. The van der Waals surface area contributed by atoms with Gasteiger partial charge in [0.25, 0.3) is 0 Å². The molecule has 25 heavy (non-hydrogen) atoms. The van der Waals surface area contributed by atoms with Crippen molar-refractivity contribution in [2.75, 3.05) is 19.7 Å². The summed E-state index contributed by atoms with van der Waals surface area (Å²) >= 11 is 0. The number of hydrogen-bond donors (Lipinski definition) is 0. The van der Waals surface area contributed by atoms with Gasteiger partial charge in [-0.05, 0) is 24.3 Å². The third kappa shape index (κ3) is 3.00. The second kappa shape index (κ2) is 6.73. The zero-order chi connectivity index (χ0) is 17.4. The summed E-state index contributed by atoms with van der Waals surface area (Å²) in [5, 5.41) is 0. The van der Waals surface area contributed by atoms with Crippen LogP contribution in [0.25, 0.3) is 0 Å². The zero-order valence-electron chi connectivity index (χ0n) is 15.5. The number of benzene rings is 1. The molecule has 3 aliphatic heterocycles. The van der Waals surface area contributed by atoms with E-state index in [9.17, 15) is 4.79 Å². The normalized spacial score (nSPS) is 33.2. The van der Waals surface area contributed by atoms with Crippen LogP contribution in [0.4, 0.5) is 0 Å². The lowest BCUT2D eigenvalue weighted by molar-refractivity contribution is -0.264. The Morgan fingerprint density at radius 2 is 2.04 bits per heavy atom. The summed E-state index contributed by atoms with van der Waals surface area (Å²) in [7, 11) is 0. The van der Waals surface area contributed by atoms with Crippen LogP contribution < -0.4 is 0 Å². The molecule has 3 atom stereocenters. The van der Waals surface area contributed by atoms with Crippen LogP contribution in [0.5, 0.6) is 0 Å². The molecule has 4 heteroatoms. The Morgan fingerprint density at radius 1 is 1.24 bits per heavy atom. The monoisotopic (exact) mass is 342 g/mol. The van der Waals surface area contributed by atoms with E-state index in [1.807, 2.05) is 0 Å². The highest BCUT2D eigenvalue weighted by molar-refractivity contribution is 5.78. The van der Waals surface area contributed by atoms with E-state index in [-0.39, 0.29) is 5.72 Å². The number of ether oxygens (including phenoxy) is 1. The maximum absolute atomic E-state index is 12.8. The third-order valence-electron chi connectivity index (χ3n) is 6.40. The molecular weight excluding hydrogens is 312 g/mol. The molecule has 0 N–H and O–H groups in total. The van der Waals surface area contributed by atoms with Crippen LogP contribution >= 0.6 is 0 Å². The van der Waals surface area contributed by atoms with Crippen molar-refractivity contribution in [3.05, 3.63) is 35.9 Å². The van der Waals surface area contributed by atoms with Gasteiger partial charge >= 0.3 is 0 Å². The van der Waals surface area contributed by atoms with Gasteiger partial charge in [-0.25, -0.2) is 0 Å². The molecule has 3 saturated heterocycles. The van der Waals surface area contributed by atoms with E-state index in [0.29, 0.717) is 30.2 Å². The van der Waals surface area contributed by atoms with Gasteiger partial charge < -0.3 is 9.64 Å². The number of carbonyl (C=O) groups excluding carboxylic acids is 1. The molecule has 3 fully saturated rings. The predicted octanol–water partition coefficient (Wildman–Crippen LogP) is 3.27. The molecule has 0 unspecified atom stereocenters. The van der Waals surface area contributed by atoms with Crippen molar-refractivity contribution in [1.29, 1.82) is 0 Å². The lowest BCUT2D eigenvalue weighted by Gasteiger charge is -2.60. The van der Waals surface area contributed by atoms with Crippen LogP contribution in [0.3, 0.4) is 0 Å². The molecule has 4 nitrogen and oxygen atoms in total. The fourth-order valence-electron chi connectivity index (χ4n) is 5.16. The van der Waals surface area contributed by atoms with Crippen LogP contribution in [-0.2, 0) is 16.1 Å². The molecule has 1 spiro atoms. The molecule has 136 valence electrons. The van der Waals surface area contributed by atoms with Crippen molar-refractivity contribution in [1.82, 2.24) is 9.80 Å². The van der Waals surface area contributed by atoms with Crippen molar-refractivity contribution in [2.24, 2.45) is 11.8 Å². The lowest BCUT2D eigenvalue weighted by atomic mass is 9.76. The molecule has 1 aromatic carbocycles. The topological polar surface area (TPSA) is 32.8 Å². The minimum atomic E-state index is -0.338. The summed E-state index contributed by atoms with van der Waals surface area (Å²) in [5.74, 6) is 1.24. The van der Waals surface area contributed by atoms with Crippen LogP contribution in [0.2, 0.25) is 0 Å². The first-order valence-electron chi connectivity index (χ1n) is 9.82. The van der Waals surface area contributed by atoms with Gasteiger partial charge in [-0.3, -0.25) is 9.69 Å². The first-order chi connectivity index (χ1) is 12.1. The number of rotatable bonds is 3. The second-order valence-electron chi connectivity index (χ2n) is 8.26. The molecule has 1 amide bonds. The van der Waals surface area contributed by atoms with Gasteiger partial charge in [-0.2, -0.15) is 0 Å². The van der Waals surface area contributed by atoms with Crippen molar-refractivity contribution in [3.63, 3.8) is 0 Å². The molecule has 3 heterocycles.